The molecule has 3 rings (SSSR count). The highest BCUT2D eigenvalue weighted by Crippen LogP contribution is 2.51. The molecule has 1 aromatic carbocycles. The van der Waals surface area contributed by atoms with Crippen molar-refractivity contribution >= 4 is 17.6 Å². The molecule has 0 unspecified atom stereocenters. The Hall–Kier alpha value is -1.81. The predicted octanol–water partition coefficient (Wildman–Crippen LogP) is 3.03. The second-order valence-corrected chi connectivity index (χ2v) is 5.39. The summed E-state index contributed by atoms with van der Waals surface area (Å²) in [4.78, 5) is 14.9. The van der Waals surface area contributed by atoms with Crippen LogP contribution in [0.5, 0.6) is 0 Å². The molecule has 1 N–H and O–H groups in total. The van der Waals surface area contributed by atoms with E-state index in [0.29, 0.717) is 5.02 Å². The van der Waals surface area contributed by atoms with Crippen molar-refractivity contribution in [1.82, 2.24) is 9.55 Å². The normalized spacial score (nSPS) is 16.3. The molecule has 0 radical (unpaired) electrons. The molecule has 0 saturated heterocycles. The van der Waals surface area contributed by atoms with Gasteiger partial charge in [-0.15, -0.1) is 0 Å². The SMILES string of the molecule is O=C(O)CC1(c2ccc(-n3ccnc3)c(Cl)c2)CC1. The topological polar surface area (TPSA) is 55.1 Å². The van der Waals surface area contributed by atoms with Crippen molar-refractivity contribution in [2.75, 3.05) is 0 Å². The van der Waals surface area contributed by atoms with E-state index in [0.717, 1.165) is 24.1 Å². The standard InChI is InChI=1S/C14H13ClN2O2/c15-11-7-10(14(3-4-14)8-13(18)19)1-2-12(11)17-6-5-16-9-17/h1-2,5-7,9H,3-4,8H2,(H,18,19). The van der Waals surface area contributed by atoms with Gasteiger partial charge in [-0.25, -0.2) is 4.98 Å². The summed E-state index contributed by atoms with van der Waals surface area (Å²) in [6, 6.07) is 5.77. The van der Waals surface area contributed by atoms with Crippen LogP contribution in [0.2, 0.25) is 5.02 Å². The summed E-state index contributed by atoms with van der Waals surface area (Å²) in [5.74, 6) is -0.757. The molecule has 5 heteroatoms. The zero-order chi connectivity index (χ0) is 13.5. The molecule has 0 atom stereocenters. The van der Waals surface area contributed by atoms with E-state index in [4.69, 9.17) is 16.7 Å². The van der Waals surface area contributed by atoms with Gasteiger partial charge in [-0.2, -0.15) is 0 Å². The van der Waals surface area contributed by atoms with E-state index in [1.165, 1.54) is 0 Å². The molecule has 0 spiro atoms. The largest absolute Gasteiger partial charge is 0.481 e. The van der Waals surface area contributed by atoms with Gasteiger partial charge in [0.05, 0.1) is 23.5 Å². The van der Waals surface area contributed by atoms with E-state index < -0.39 is 5.97 Å². The minimum absolute atomic E-state index is 0.174. The van der Waals surface area contributed by atoms with Gasteiger partial charge >= 0.3 is 5.97 Å². The third-order valence-electron chi connectivity index (χ3n) is 3.69. The number of nitrogens with zero attached hydrogens (tertiary/aromatic N) is 2. The highest BCUT2D eigenvalue weighted by atomic mass is 35.5. The smallest absolute Gasteiger partial charge is 0.304 e. The predicted molar refractivity (Wildman–Crippen MR) is 71.7 cm³/mol. The number of aliphatic carboxylic acids is 1. The van der Waals surface area contributed by atoms with Crippen molar-refractivity contribution < 1.29 is 9.90 Å². The lowest BCUT2D eigenvalue weighted by molar-refractivity contribution is -0.137. The van der Waals surface area contributed by atoms with E-state index in [1.807, 2.05) is 29.0 Å². The summed E-state index contributed by atoms with van der Waals surface area (Å²) in [6.45, 7) is 0. The van der Waals surface area contributed by atoms with Gasteiger partial charge < -0.3 is 9.67 Å². The Morgan fingerprint density at radius 3 is 2.79 bits per heavy atom. The molecular formula is C14H13ClN2O2. The lowest BCUT2D eigenvalue weighted by Crippen LogP contribution is -2.13. The number of aromatic nitrogens is 2. The Kier molecular flexibility index (Phi) is 2.82. The molecule has 1 saturated carbocycles. The van der Waals surface area contributed by atoms with E-state index >= 15 is 0 Å². The van der Waals surface area contributed by atoms with Crippen LogP contribution in [0.25, 0.3) is 5.69 Å². The number of imidazole rings is 1. The number of rotatable bonds is 4. The van der Waals surface area contributed by atoms with Crippen molar-refractivity contribution in [3.05, 3.63) is 47.5 Å². The lowest BCUT2D eigenvalue weighted by Gasteiger charge is -2.15. The summed E-state index contributed by atoms with van der Waals surface area (Å²) >= 11 is 6.30. The number of carbonyl (C=O) groups is 1. The van der Waals surface area contributed by atoms with Crippen molar-refractivity contribution in [3.63, 3.8) is 0 Å². The van der Waals surface area contributed by atoms with Gasteiger partial charge in [0, 0.05) is 17.8 Å². The lowest BCUT2D eigenvalue weighted by atomic mass is 9.92. The highest BCUT2D eigenvalue weighted by molar-refractivity contribution is 6.32. The molecule has 19 heavy (non-hydrogen) atoms. The Labute approximate surface area is 115 Å². The van der Waals surface area contributed by atoms with Crippen molar-refractivity contribution in [1.29, 1.82) is 0 Å². The first-order valence-corrected chi connectivity index (χ1v) is 6.49. The number of hydrogen-bond acceptors (Lipinski definition) is 2. The van der Waals surface area contributed by atoms with Crippen LogP contribution in [0.1, 0.15) is 24.8 Å². The van der Waals surface area contributed by atoms with E-state index in [1.54, 1.807) is 12.5 Å². The van der Waals surface area contributed by atoms with Gasteiger partial charge in [0.1, 0.15) is 0 Å². The van der Waals surface area contributed by atoms with Crippen molar-refractivity contribution in [3.8, 4) is 5.69 Å². The minimum atomic E-state index is -0.757. The van der Waals surface area contributed by atoms with E-state index in [9.17, 15) is 4.79 Å². The molecule has 1 aliphatic rings. The van der Waals surface area contributed by atoms with Crippen LogP contribution in [0.15, 0.2) is 36.9 Å². The van der Waals surface area contributed by atoms with Crippen LogP contribution in [0, 0.1) is 0 Å². The zero-order valence-electron chi connectivity index (χ0n) is 10.2. The maximum absolute atomic E-state index is 10.9. The first-order valence-electron chi connectivity index (χ1n) is 6.11. The second kappa shape index (κ2) is 4.38. The third-order valence-corrected chi connectivity index (χ3v) is 3.99. The summed E-state index contributed by atoms with van der Waals surface area (Å²) in [5.41, 5.74) is 1.67. The van der Waals surface area contributed by atoms with Crippen LogP contribution in [-0.2, 0) is 10.2 Å². The monoisotopic (exact) mass is 276 g/mol. The first-order chi connectivity index (χ1) is 9.11. The van der Waals surface area contributed by atoms with Gasteiger partial charge in [-0.3, -0.25) is 4.79 Å². The number of carboxylic acid groups (broad SMARTS) is 1. The third kappa shape index (κ3) is 2.24. The number of halogens is 1. The molecule has 1 heterocycles. The molecule has 1 fully saturated rings. The van der Waals surface area contributed by atoms with Crippen molar-refractivity contribution in [2.45, 2.75) is 24.7 Å². The maximum atomic E-state index is 10.9. The molecule has 0 bridgehead atoms. The van der Waals surface area contributed by atoms with Crippen molar-refractivity contribution in [2.24, 2.45) is 0 Å². The van der Waals surface area contributed by atoms with Gasteiger partial charge in [0.25, 0.3) is 0 Å². The zero-order valence-corrected chi connectivity index (χ0v) is 11.0. The molecule has 0 aliphatic heterocycles. The van der Waals surface area contributed by atoms with Gasteiger partial charge in [-0.05, 0) is 30.5 Å². The molecule has 4 nitrogen and oxygen atoms in total. The molecule has 0 amide bonds. The molecular weight excluding hydrogens is 264 g/mol. The quantitative estimate of drug-likeness (QED) is 0.934. The number of hydrogen-bond donors (Lipinski definition) is 1. The maximum Gasteiger partial charge on any atom is 0.304 e. The van der Waals surface area contributed by atoms with Gasteiger partial charge in [-0.1, -0.05) is 17.7 Å². The fraction of sp³-hybridized carbons (Fsp3) is 0.286. The Balaban J connectivity index is 1.94. The first kappa shape index (κ1) is 12.2. The summed E-state index contributed by atoms with van der Waals surface area (Å²) in [6.07, 6.45) is 7.21. The average molecular weight is 277 g/mol. The second-order valence-electron chi connectivity index (χ2n) is 4.99. The molecule has 2 aromatic rings. The van der Waals surface area contributed by atoms with Gasteiger partial charge in [0.15, 0.2) is 0 Å². The van der Waals surface area contributed by atoms with Crippen LogP contribution < -0.4 is 0 Å². The summed E-state index contributed by atoms with van der Waals surface area (Å²) in [5, 5.41) is 9.60. The molecule has 98 valence electrons. The average Bonchev–Trinajstić information content (AvgIpc) is 2.93. The summed E-state index contributed by atoms with van der Waals surface area (Å²) in [7, 11) is 0. The van der Waals surface area contributed by atoms with Crippen LogP contribution in [0.4, 0.5) is 0 Å². The fourth-order valence-electron chi connectivity index (χ4n) is 2.46. The molecule has 1 aromatic heterocycles. The Morgan fingerprint density at radius 1 is 1.47 bits per heavy atom. The highest BCUT2D eigenvalue weighted by Gasteiger charge is 2.46. The Bertz CT molecular complexity index is 618. The van der Waals surface area contributed by atoms with Crippen LogP contribution in [-0.4, -0.2) is 20.6 Å². The van der Waals surface area contributed by atoms with Gasteiger partial charge in [0.2, 0.25) is 0 Å². The minimum Gasteiger partial charge on any atom is -0.481 e. The number of carboxylic acids is 1. The van der Waals surface area contributed by atoms with Crippen LogP contribution >= 0.6 is 11.6 Å². The Morgan fingerprint density at radius 2 is 2.26 bits per heavy atom. The molecule has 1 aliphatic carbocycles. The van der Waals surface area contributed by atoms with E-state index in [2.05, 4.69) is 4.98 Å². The van der Waals surface area contributed by atoms with Crippen LogP contribution in [0.3, 0.4) is 0 Å². The van der Waals surface area contributed by atoms with E-state index in [-0.39, 0.29) is 11.8 Å². The number of benzene rings is 1. The summed E-state index contributed by atoms with van der Waals surface area (Å²) < 4.78 is 1.84. The fourth-order valence-corrected chi connectivity index (χ4v) is 2.73.